The number of rotatable bonds is 5. The third-order valence-corrected chi connectivity index (χ3v) is 3.95. The number of Topliss-reactive ketones (excluding diaryl/α,β-unsaturated/α-hetero) is 1. The molecular weight excluding hydrogens is 292 g/mol. The second-order valence-corrected chi connectivity index (χ2v) is 5.53. The van der Waals surface area contributed by atoms with Gasteiger partial charge in [0.2, 0.25) is 0 Å². The quantitative estimate of drug-likeness (QED) is 0.648. The van der Waals surface area contributed by atoms with Crippen molar-refractivity contribution in [1.29, 1.82) is 5.26 Å². The van der Waals surface area contributed by atoms with E-state index in [1.807, 2.05) is 30.3 Å². The Balaban J connectivity index is 1.96. The maximum atomic E-state index is 12.1. The van der Waals surface area contributed by atoms with E-state index in [1.54, 1.807) is 14.0 Å². The lowest BCUT2D eigenvalue weighted by Gasteiger charge is -2.36. The summed E-state index contributed by atoms with van der Waals surface area (Å²) in [5.41, 5.74) is 6.99. The number of nitriles is 1. The van der Waals surface area contributed by atoms with Crippen LogP contribution in [0.4, 0.5) is 5.69 Å². The lowest BCUT2D eigenvalue weighted by Crippen LogP contribution is -2.48. The molecule has 122 valence electrons. The Labute approximate surface area is 136 Å². The predicted molar refractivity (Wildman–Crippen MR) is 89.2 cm³/mol. The molecule has 1 aromatic rings. The summed E-state index contributed by atoms with van der Waals surface area (Å²) in [6.45, 7) is 4.94. The number of methoxy groups -OCH3 is 1. The Hall–Kier alpha value is -2.52. The summed E-state index contributed by atoms with van der Waals surface area (Å²) in [5, 5.41) is 9.00. The summed E-state index contributed by atoms with van der Waals surface area (Å²) in [6.07, 6.45) is 0. The number of hydrogen-bond donors (Lipinski definition) is 1. The van der Waals surface area contributed by atoms with Crippen molar-refractivity contribution in [2.45, 2.75) is 6.92 Å². The molecule has 1 saturated heterocycles. The smallest absolute Gasteiger partial charge is 0.189 e. The summed E-state index contributed by atoms with van der Waals surface area (Å²) in [6, 6.07) is 9.81. The van der Waals surface area contributed by atoms with Crippen LogP contribution in [-0.4, -0.2) is 50.5 Å². The van der Waals surface area contributed by atoms with Crippen molar-refractivity contribution in [3.63, 3.8) is 0 Å². The van der Waals surface area contributed by atoms with E-state index in [4.69, 9.17) is 15.7 Å². The lowest BCUT2D eigenvalue weighted by atomic mass is 10.1. The Morgan fingerprint density at radius 1 is 1.30 bits per heavy atom. The summed E-state index contributed by atoms with van der Waals surface area (Å²) in [7, 11) is 1.67. The van der Waals surface area contributed by atoms with Gasteiger partial charge in [0.25, 0.3) is 0 Å². The summed E-state index contributed by atoms with van der Waals surface area (Å²) in [5.74, 6) is 0.642. The highest BCUT2D eigenvalue weighted by molar-refractivity contribution is 6.01. The molecule has 2 N–H and O–H groups in total. The van der Waals surface area contributed by atoms with Crippen LogP contribution in [0.3, 0.4) is 0 Å². The van der Waals surface area contributed by atoms with E-state index in [1.165, 1.54) is 0 Å². The van der Waals surface area contributed by atoms with E-state index in [0.29, 0.717) is 0 Å². The highest BCUT2D eigenvalue weighted by Gasteiger charge is 2.22. The molecular formula is C17H22N4O2. The van der Waals surface area contributed by atoms with Crippen molar-refractivity contribution in [3.8, 4) is 11.8 Å². The van der Waals surface area contributed by atoms with Gasteiger partial charge in [-0.1, -0.05) is 12.1 Å². The number of piperazine rings is 1. The van der Waals surface area contributed by atoms with Crippen LogP contribution in [0.5, 0.6) is 5.75 Å². The van der Waals surface area contributed by atoms with Gasteiger partial charge in [0, 0.05) is 31.9 Å². The molecule has 0 amide bonds. The minimum absolute atomic E-state index is 0.0668. The summed E-state index contributed by atoms with van der Waals surface area (Å²) >= 11 is 0. The Morgan fingerprint density at radius 3 is 2.52 bits per heavy atom. The average molecular weight is 314 g/mol. The first-order valence-corrected chi connectivity index (χ1v) is 7.56. The van der Waals surface area contributed by atoms with Crippen LogP contribution in [0.1, 0.15) is 6.92 Å². The fraction of sp³-hybridized carbons (Fsp3) is 0.412. The van der Waals surface area contributed by atoms with Crippen molar-refractivity contribution in [3.05, 3.63) is 35.5 Å². The van der Waals surface area contributed by atoms with Crippen LogP contribution >= 0.6 is 0 Å². The Morgan fingerprint density at radius 2 is 1.96 bits per heavy atom. The first-order chi connectivity index (χ1) is 11.1. The van der Waals surface area contributed by atoms with Crippen molar-refractivity contribution in [2.75, 3.05) is 44.7 Å². The second kappa shape index (κ2) is 7.65. The average Bonchev–Trinajstić information content (AvgIpc) is 2.56. The number of carbonyl (C=O) groups excluding carboxylic acids is 1. The largest absolute Gasteiger partial charge is 0.495 e. The van der Waals surface area contributed by atoms with Gasteiger partial charge in [-0.05, 0) is 19.1 Å². The van der Waals surface area contributed by atoms with Crippen molar-refractivity contribution >= 4 is 11.5 Å². The minimum Gasteiger partial charge on any atom is -0.495 e. The zero-order chi connectivity index (χ0) is 16.8. The molecule has 0 aromatic heterocycles. The van der Waals surface area contributed by atoms with Crippen LogP contribution in [0.25, 0.3) is 0 Å². The molecule has 0 radical (unpaired) electrons. The number of nitrogens with zero attached hydrogens (tertiary/aromatic N) is 3. The molecule has 0 atom stereocenters. The van der Waals surface area contributed by atoms with Crippen molar-refractivity contribution in [1.82, 2.24) is 4.90 Å². The van der Waals surface area contributed by atoms with E-state index in [2.05, 4.69) is 9.80 Å². The monoisotopic (exact) mass is 314 g/mol. The molecule has 1 fully saturated rings. The number of nitrogens with two attached hydrogens (primary N) is 1. The first-order valence-electron chi connectivity index (χ1n) is 7.56. The van der Waals surface area contributed by atoms with Gasteiger partial charge >= 0.3 is 0 Å². The van der Waals surface area contributed by atoms with Crippen molar-refractivity contribution < 1.29 is 9.53 Å². The molecule has 23 heavy (non-hydrogen) atoms. The van der Waals surface area contributed by atoms with Gasteiger partial charge in [0.15, 0.2) is 5.78 Å². The van der Waals surface area contributed by atoms with E-state index in [9.17, 15) is 4.79 Å². The predicted octanol–water partition coefficient (Wildman–Crippen LogP) is 1.14. The van der Waals surface area contributed by atoms with E-state index < -0.39 is 0 Å². The molecule has 0 saturated carbocycles. The Kier molecular flexibility index (Phi) is 5.61. The molecule has 2 rings (SSSR count). The third kappa shape index (κ3) is 4.02. The molecule has 6 nitrogen and oxygen atoms in total. The van der Waals surface area contributed by atoms with Crippen LogP contribution in [0.2, 0.25) is 0 Å². The van der Waals surface area contributed by atoms with Crippen molar-refractivity contribution in [2.24, 2.45) is 5.73 Å². The fourth-order valence-electron chi connectivity index (χ4n) is 2.69. The molecule has 1 aromatic carbocycles. The third-order valence-electron chi connectivity index (χ3n) is 3.95. The molecule has 0 unspecified atom stereocenters. The molecule has 0 aliphatic carbocycles. The zero-order valence-corrected chi connectivity index (χ0v) is 13.6. The first kappa shape index (κ1) is 16.8. The fourth-order valence-corrected chi connectivity index (χ4v) is 2.69. The standard InChI is InChI=1S/C17H22N4O2/c1-13(19)14(11-18)16(22)12-20-7-9-21(10-8-20)15-5-3-4-6-17(15)23-2/h3-6H,7-10,12,19H2,1-2H3/b14-13-. The number of anilines is 1. The van der Waals surface area contributed by atoms with Gasteiger partial charge in [-0.3, -0.25) is 9.69 Å². The number of ether oxygens (including phenoxy) is 1. The molecule has 1 heterocycles. The van der Waals surface area contributed by atoms with E-state index >= 15 is 0 Å². The van der Waals surface area contributed by atoms with Gasteiger partial charge in [-0.2, -0.15) is 5.26 Å². The highest BCUT2D eigenvalue weighted by atomic mass is 16.5. The number of hydrogen-bond acceptors (Lipinski definition) is 6. The lowest BCUT2D eigenvalue weighted by molar-refractivity contribution is -0.116. The molecule has 6 heteroatoms. The molecule has 1 aliphatic heterocycles. The van der Waals surface area contributed by atoms with Crippen LogP contribution < -0.4 is 15.4 Å². The SMILES string of the molecule is COc1ccccc1N1CCN(CC(=O)/C(C#N)=C(/C)N)CC1. The maximum absolute atomic E-state index is 12.1. The highest BCUT2D eigenvalue weighted by Crippen LogP contribution is 2.28. The number of para-hydroxylation sites is 2. The van der Waals surface area contributed by atoms with Gasteiger partial charge in [0.1, 0.15) is 17.4 Å². The number of allylic oxidation sites excluding steroid dienone is 1. The maximum Gasteiger partial charge on any atom is 0.189 e. The number of carbonyl (C=O) groups is 1. The number of ketones is 1. The van der Waals surface area contributed by atoms with Crippen LogP contribution in [-0.2, 0) is 4.79 Å². The normalized spacial score (nSPS) is 16.5. The summed E-state index contributed by atoms with van der Waals surface area (Å²) in [4.78, 5) is 16.4. The van der Waals surface area contributed by atoms with Gasteiger partial charge < -0.3 is 15.4 Å². The van der Waals surface area contributed by atoms with Gasteiger partial charge in [-0.25, -0.2) is 0 Å². The zero-order valence-electron chi connectivity index (χ0n) is 13.6. The van der Waals surface area contributed by atoms with Crippen LogP contribution in [0, 0.1) is 11.3 Å². The van der Waals surface area contributed by atoms with Gasteiger partial charge in [-0.15, -0.1) is 0 Å². The minimum atomic E-state index is -0.210. The van der Waals surface area contributed by atoms with Gasteiger partial charge in [0.05, 0.1) is 19.3 Å². The molecule has 0 spiro atoms. The molecule has 1 aliphatic rings. The van der Waals surface area contributed by atoms with E-state index in [0.717, 1.165) is 37.6 Å². The second-order valence-electron chi connectivity index (χ2n) is 5.53. The topological polar surface area (TPSA) is 82.6 Å². The van der Waals surface area contributed by atoms with Crippen LogP contribution in [0.15, 0.2) is 35.5 Å². The Bertz CT molecular complexity index is 636. The van der Waals surface area contributed by atoms with E-state index in [-0.39, 0.29) is 23.6 Å². The summed E-state index contributed by atoms with van der Waals surface area (Å²) < 4.78 is 5.40. The number of benzene rings is 1. The molecule has 0 bridgehead atoms.